The number of benzene rings is 3. The first-order chi connectivity index (χ1) is 18.1. The highest BCUT2D eigenvalue weighted by molar-refractivity contribution is 5.94. The van der Waals surface area contributed by atoms with Gasteiger partial charge in [-0.2, -0.15) is 0 Å². The Hall–Kier alpha value is -4.33. The summed E-state index contributed by atoms with van der Waals surface area (Å²) < 4.78 is 16.0. The van der Waals surface area contributed by atoms with Crippen molar-refractivity contribution in [2.24, 2.45) is 0 Å². The van der Waals surface area contributed by atoms with Crippen molar-refractivity contribution in [3.05, 3.63) is 78.4 Å². The van der Waals surface area contributed by atoms with E-state index in [1.807, 2.05) is 12.1 Å². The first kappa shape index (κ1) is 28.2. The van der Waals surface area contributed by atoms with Crippen molar-refractivity contribution < 1.29 is 28.6 Å². The number of anilines is 2. The Labute approximate surface area is 223 Å². The molecule has 38 heavy (non-hydrogen) atoms. The average Bonchev–Trinajstić information content (AvgIpc) is 2.89. The van der Waals surface area contributed by atoms with E-state index in [4.69, 9.17) is 14.2 Å². The van der Waals surface area contributed by atoms with Crippen molar-refractivity contribution in [3.63, 3.8) is 0 Å². The monoisotopic (exact) mass is 518 g/mol. The Morgan fingerprint density at radius 2 is 1.39 bits per heavy atom. The summed E-state index contributed by atoms with van der Waals surface area (Å²) in [5, 5.41) is 5.43. The summed E-state index contributed by atoms with van der Waals surface area (Å²) in [6.07, 6.45) is 0.460. The largest absolute Gasteiger partial charge is 0.495 e. The van der Waals surface area contributed by atoms with Gasteiger partial charge >= 0.3 is 5.97 Å². The molecule has 0 radical (unpaired) electrons. The summed E-state index contributed by atoms with van der Waals surface area (Å²) in [5.41, 5.74) is 2.42. The summed E-state index contributed by atoms with van der Waals surface area (Å²) in [7, 11) is 1.50. The van der Waals surface area contributed by atoms with E-state index < -0.39 is 18.5 Å². The van der Waals surface area contributed by atoms with E-state index in [0.717, 1.165) is 5.75 Å². The number of amides is 2. The van der Waals surface area contributed by atoms with Gasteiger partial charge in [-0.05, 0) is 65.9 Å². The zero-order valence-corrected chi connectivity index (χ0v) is 22.2. The summed E-state index contributed by atoms with van der Waals surface area (Å²) in [6.45, 7) is 6.06. The van der Waals surface area contributed by atoms with Crippen LogP contribution in [-0.4, -0.2) is 31.5 Å². The maximum atomic E-state index is 12.2. The summed E-state index contributed by atoms with van der Waals surface area (Å²) in [6, 6.07) is 22.0. The number of hydrogen-bond acceptors (Lipinski definition) is 6. The molecule has 0 spiro atoms. The Balaban J connectivity index is 1.35. The lowest BCUT2D eigenvalue weighted by Gasteiger charge is -2.19. The van der Waals surface area contributed by atoms with Gasteiger partial charge in [0.25, 0.3) is 5.91 Å². The van der Waals surface area contributed by atoms with E-state index in [1.165, 1.54) is 12.7 Å². The second kappa shape index (κ2) is 13.3. The number of carbonyl (C=O) groups excluding carboxylic acids is 3. The van der Waals surface area contributed by atoms with Crippen LogP contribution in [0.3, 0.4) is 0 Å². The van der Waals surface area contributed by atoms with Gasteiger partial charge in [0.2, 0.25) is 5.91 Å². The molecule has 0 saturated carbocycles. The maximum Gasteiger partial charge on any atom is 0.306 e. The molecule has 0 aliphatic heterocycles. The third-order valence-corrected chi connectivity index (χ3v) is 5.62. The Bertz CT molecular complexity index is 1230. The molecule has 0 aliphatic rings. The predicted molar refractivity (Wildman–Crippen MR) is 147 cm³/mol. The predicted octanol–water partition coefficient (Wildman–Crippen LogP) is 6.08. The first-order valence-electron chi connectivity index (χ1n) is 12.4. The van der Waals surface area contributed by atoms with Gasteiger partial charge in [0.1, 0.15) is 17.2 Å². The highest BCUT2D eigenvalue weighted by Crippen LogP contribution is 2.27. The second-order valence-corrected chi connectivity index (χ2v) is 9.71. The van der Waals surface area contributed by atoms with Crippen molar-refractivity contribution in [2.75, 3.05) is 24.4 Å². The normalized spacial score (nSPS) is 10.8. The number of nitrogens with one attached hydrogen (secondary N) is 2. The Kier molecular flexibility index (Phi) is 9.87. The number of para-hydroxylation sites is 2. The van der Waals surface area contributed by atoms with E-state index in [-0.39, 0.29) is 24.2 Å². The minimum Gasteiger partial charge on any atom is -0.495 e. The molecule has 3 aromatic carbocycles. The number of esters is 1. The molecular formula is C30H34N2O6. The lowest BCUT2D eigenvalue weighted by molar-refractivity contribution is -0.147. The van der Waals surface area contributed by atoms with Crippen LogP contribution in [0.2, 0.25) is 0 Å². The Morgan fingerprint density at radius 1 is 0.763 bits per heavy atom. The molecule has 0 aromatic heterocycles. The fourth-order valence-corrected chi connectivity index (χ4v) is 3.53. The van der Waals surface area contributed by atoms with Crippen LogP contribution >= 0.6 is 0 Å². The zero-order valence-electron chi connectivity index (χ0n) is 22.2. The summed E-state index contributed by atoms with van der Waals surface area (Å²) in [5.74, 6) is 0.646. The molecule has 0 heterocycles. The van der Waals surface area contributed by atoms with E-state index in [9.17, 15) is 14.4 Å². The number of rotatable bonds is 11. The van der Waals surface area contributed by atoms with E-state index in [2.05, 4.69) is 43.5 Å². The first-order valence-corrected chi connectivity index (χ1v) is 12.4. The van der Waals surface area contributed by atoms with Crippen LogP contribution in [0, 0.1) is 0 Å². The molecular weight excluding hydrogens is 484 g/mol. The van der Waals surface area contributed by atoms with Crippen LogP contribution in [0.15, 0.2) is 72.8 Å². The summed E-state index contributed by atoms with van der Waals surface area (Å²) in [4.78, 5) is 36.2. The quantitative estimate of drug-likeness (QED) is 0.299. The molecule has 2 amide bonds. The number of hydrogen-bond donors (Lipinski definition) is 2. The molecule has 2 N–H and O–H groups in total. The molecule has 8 heteroatoms. The third-order valence-electron chi connectivity index (χ3n) is 5.62. The molecule has 200 valence electrons. The second-order valence-electron chi connectivity index (χ2n) is 9.71. The lowest BCUT2D eigenvalue weighted by Crippen LogP contribution is -2.21. The fourth-order valence-electron chi connectivity index (χ4n) is 3.53. The van der Waals surface area contributed by atoms with Gasteiger partial charge in [-0.1, -0.05) is 45.0 Å². The van der Waals surface area contributed by atoms with Gasteiger partial charge < -0.3 is 24.8 Å². The topological polar surface area (TPSA) is 103 Å². The highest BCUT2D eigenvalue weighted by Gasteiger charge is 2.14. The van der Waals surface area contributed by atoms with Crippen molar-refractivity contribution >= 4 is 29.2 Å². The fraction of sp³-hybridized carbons (Fsp3) is 0.300. The number of ether oxygens (including phenoxy) is 3. The molecule has 8 nitrogen and oxygen atoms in total. The van der Waals surface area contributed by atoms with E-state index in [0.29, 0.717) is 29.3 Å². The van der Waals surface area contributed by atoms with Crippen LogP contribution in [0.1, 0.15) is 45.6 Å². The minimum atomic E-state index is -0.551. The van der Waals surface area contributed by atoms with Gasteiger partial charge in [0.05, 0.1) is 12.8 Å². The van der Waals surface area contributed by atoms with Gasteiger partial charge in [-0.25, -0.2) is 0 Å². The van der Waals surface area contributed by atoms with Crippen LogP contribution in [0.5, 0.6) is 17.2 Å². The van der Waals surface area contributed by atoms with Gasteiger partial charge in [-0.3, -0.25) is 14.4 Å². The van der Waals surface area contributed by atoms with Crippen molar-refractivity contribution in [2.45, 2.75) is 45.4 Å². The maximum absolute atomic E-state index is 12.2. The SMILES string of the molecule is COc1ccccc1NC(=O)COC(=O)CCCC(=O)Nc1ccc(Oc2ccc(C(C)(C)C)cc2)cc1. The van der Waals surface area contributed by atoms with E-state index >= 15 is 0 Å². The van der Waals surface area contributed by atoms with Gasteiger partial charge in [0, 0.05) is 18.5 Å². The molecule has 3 rings (SSSR count). The molecule has 0 unspecified atom stereocenters. The molecule has 0 bridgehead atoms. The molecule has 0 fully saturated rings. The molecule has 3 aromatic rings. The average molecular weight is 519 g/mol. The zero-order chi connectivity index (χ0) is 27.5. The van der Waals surface area contributed by atoms with Crippen LogP contribution in [0.4, 0.5) is 11.4 Å². The smallest absolute Gasteiger partial charge is 0.306 e. The molecule has 0 aliphatic carbocycles. The van der Waals surface area contributed by atoms with E-state index in [1.54, 1.807) is 48.5 Å². The van der Waals surface area contributed by atoms with Crippen LogP contribution < -0.4 is 20.1 Å². The Morgan fingerprint density at radius 3 is 2.03 bits per heavy atom. The van der Waals surface area contributed by atoms with Gasteiger partial charge in [-0.15, -0.1) is 0 Å². The van der Waals surface area contributed by atoms with Crippen LogP contribution in [-0.2, 0) is 24.5 Å². The van der Waals surface area contributed by atoms with Crippen molar-refractivity contribution in [1.29, 1.82) is 0 Å². The highest BCUT2D eigenvalue weighted by atomic mass is 16.5. The van der Waals surface area contributed by atoms with Gasteiger partial charge in [0.15, 0.2) is 6.61 Å². The summed E-state index contributed by atoms with van der Waals surface area (Å²) >= 11 is 0. The standard InChI is InChI=1S/C30H34N2O6/c1-30(2,3)21-12-16-23(17-13-21)38-24-18-14-22(15-19-24)31-27(33)10-7-11-29(35)37-20-28(34)32-25-8-5-6-9-26(25)36-4/h5-6,8-9,12-19H,7,10-11,20H2,1-4H3,(H,31,33)(H,32,34). The third kappa shape index (κ3) is 8.96. The number of methoxy groups -OCH3 is 1. The number of carbonyl (C=O) groups is 3. The lowest BCUT2D eigenvalue weighted by atomic mass is 9.87. The molecule has 0 atom stereocenters. The minimum absolute atomic E-state index is 0.0239. The molecule has 0 saturated heterocycles. The van der Waals surface area contributed by atoms with Crippen molar-refractivity contribution in [1.82, 2.24) is 0 Å². The van der Waals surface area contributed by atoms with Crippen LogP contribution in [0.25, 0.3) is 0 Å². The van der Waals surface area contributed by atoms with Crippen molar-refractivity contribution in [3.8, 4) is 17.2 Å².